The monoisotopic (exact) mass is 436 g/mol. The van der Waals surface area contributed by atoms with Gasteiger partial charge in [-0.1, -0.05) is 0 Å². The standard InChI is InChI=1S/C13H18N6O2S.C2HF3O2/c1-10-5-14-13(15-6-10)19-4-3-18-8-11(17-12(18)9-19)7-16-22(2,20)21;3-2(4,5)1(6)7/h5-6,8,16H,3-4,7,9H2,1-2H3;(H,6,7). The molecule has 10 nitrogen and oxygen atoms in total. The highest BCUT2D eigenvalue weighted by molar-refractivity contribution is 7.88. The molecule has 2 aromatic heterocycles. The van der Waals surface area contributed by atoms with Gasteiger partial charge in [0.15, 0.2) is 0 Å². The summed E-state index contributed by atoms with van der Waals surface area (Å²) in [7, 11) is -3.21. The maximum absolute atomic E-state index is 11.1. The van der Waals surface area contributed by atoms with E-state index in [1.165, 1.54) is 0 Å². The predicted molar refractivity (Wildman–Crippen MR) is 95.4 cm³/mol. The third kappa shape index (κ3) is 6.98. The summed E-state index contributed by atoms with van der Waals surface area (Å²) in [6.45, 7) is 4.35. The average Bonchev–Trinajstić information content (AvgIpc) is 3.02. The average molecular weight is 436 g/mol. The number of fused-ring (bicyclic) bond motifs is 1. The molecule has 29 heavy (non-hydrogen) atoms. The van der Waals surface area contributed by atoms with Crippen LogP contribution in [0.15, 0.2) is 18.6 Å². The first kappa shape index (κ1) is 22.5. The van der Waals surface area contributed by atoms with Crippen molar-refractivity contribution in [1.29, 1.82) is 0 Å². The highest BCUT2D eigenvalue weighted by Gasteiger charge is 2.38. The van der Waals surface area contributed by atoms with E-state index in [1.54, 1.807) is 12.4 Å². The molecule has 3 rings (SSSR count). The minimum atomic E-state index is -5.08. The lowest BCUT2D eigenvalue weighted by Gasteiger charge is -2.27. The van der Waals surface area contributed by atoms with Crippen molar-refractivity contribution < 1.29 is 31.5 Å². The number of aryl methyl sites for hydroxylation is 1. The minimum Gasteiger partial charge on any atom is -0.475 e. The lowest BCUT2D eigenvalue weighted by atomic mass is 10.3. The van der Waals surface area contributed by atoms with Crippen LogP contribution in [0.2, 0.25) is 0 Å². The highest BCUT2D eigenvalue weighted by Crippen LogP contribution is 2.17. The van der Waals surface area contributed by atoms with Crippen molar-refractivity contribution in [3.8, 4) is 0 Å². The summed E-state index contributed by atoms with van der Waals surface area (Å²) < 4.78 is 58.5. The molecule has 0 saturated carbocycles. The van der Waals surface area contributed by atoms with E-state index >= 15 is 0 Å². The Bertz CT molecular complexity index is 959. The lowest BCUT2D eigenvalue weighted by Crippen LogP contribution is -2.34. The number of hydrogen-bond acceptors (Lipinski definition) is 7. The summed E-state index contributed by atoms with van der Waals surface area (Å²) in [5.41, 5.74) is 1.74. The maximum Gasteiger partial charge on any atom is 0.490 e. The lowest BCUT2D eigenvalue weighted by molar-refractivity contribution is -0.192. The Hall–Kier alpha value is -2.74. The zero-order chi connectivity index (χ0) is 21.8. The molecule has 1 aliphatic rings. The first-order valence-corrected chi connectivity index (χ1v) is 10.1. The predicted octanol–water partition coefficient (Wildman–Crippen LogP) is 0.684. The maximum atomic E-state index is 11.1. The van der Waals surface area contributed by atoms with E-state index in [0.29, 0.717) is 18.2 Å². The van der Waals surface area contributed by atoms with Crippen LogP contribution in [0.25, 0.3) is 0 Å². The number of sulfonamides is 1. The van der Waals surface area contributed by atoms with Crippen LogP contribution in [0.5, 0.6) is 0 Å². The molecule has 2 N–H and O–H groups in total. The molecule has 160 valence electrons. The van der Waals surface area contributed by atoms with Gasteiger partial charge in [0, 0.05) is 31.7 Å². The Morgan fingerprint density at radius 3 is 2.38 bits per heavy atom. The second-order valence-corrected chi connectivity index (χ2v) is 8.05. The van der Waals surface area contributed by atoms with Crippen LogP contribution in [0.3, 0.4) is 0 Å². The van der Waals surface area contributed by atoms with Crippen LogP contribution >= 0.6 is 0 Å². The number of imidazole rings is 1. The normalized spacial score (nSPS) is 14.0. The summed E-state index contributed by atoms with van der Waals surface area (Å²) >= 11 is 0. The van der Waals surface area contributed by atoms with Gasteiger partial charge in [-0.05, 0) is 12.5 Å². The van der Waals surface area contributed by atoms with Crippen LogP contribution in [-0.4, -0.2) is 58.0 Å². The number of halogens is 3. The van der Waals surface area contributed by atoms with Gasteiger partial charge < -0.3 is 14.6 Å². The molecule has 0 unspecified atom stereocenters. The number of nitrogens with one attached hydrogen (secondary N) is 1. The van der Waals surface area contributed by atoms with Crippen molar-refractivity contribution in [2.75, 3.05) is 17.7 Å². The van der Waals surface area contributed by atoms with Crippen LogP contribution < -0.4 is 9.62 Å². The molecule has 1 aliphatic heterocycles. The number of aliphatic carboxylic acids is 1. The summed E-state index contributed by atoms with van der Waals surface area (Å²) in [6, 6.07) is 0. The van der Waals surface area contributed by atoms with E-state index in [-0.39, 0.29) is 6.54 Å². The number of nitrogens with zero attached hydrogens (tertiary/aromatic N) is 5. The third-order valence-corrected chi connectivity index (χ3v) is 4.33. The quantitative estimate of drug-likeness (QED) is 0.716. The van der Waals surface area contributed by atoms with Crippen molar-refractivity contribution in [1.82, 2.24) is 24.2 Å². The second kappa shape index (κ2) is 8.73. The zero-order valence-electron chi connectivity index (χ0n) is 15.5. The van der Waals surface area contributed by atoms with Gasteiger partial charge in [0.2, 0.25) is 16.0 Å². The number of anilines is 1. The Kier molecular flexibility index (Phi) is 6.79. The second-order valence-electron chi connectivity index (χ2n) is 6.22. The smallest absolute Gasteiger partial charge is 0.475 e. The van der Waals surface area contributed by atoms with Gasteiger partial charge >= 0.3 is 12.1 Å². The van der Waals surface area contributed by atoms with Gasteiger partial charge in [-0.2, -0.15) is 13.2 Å². The summed E-state index contributed by atoms with van der Waals surface area (Å²) in [5.74, 6) is -1.18. The number of aromatic nitrogens is 4. The number of hydrogen-bond donors (Lipinski definition) is 2. The third-order valence-electron chi connectivity index (χ3n) is 3.66. The van der Waals surface area contributed by atoms with Crippen molar-refractivity contribution in [3.63, 3.8) is 0 Å². The van der Waals surface area contributed by atoms with E-state index in [4.69, 9.17) is 9.90 Å². The van der Waals surface area contributed by atoms with Crippen LogP contribution in [0, 0.1) is 6.92 Å². The molecule has 0 amide bonds. The van der Waals surface area contributed by atoms with Gasteiger partial charge in [-0.15, -0.1) is 0 Å². The molecule has 0 fully saturated rings. The van der Waals surface area contributed by atoms with E-state index in [1.807, 2.05) is 17.7 Å². The van der Waals surface area contributed by atoms with Crippen LogP contribution in [-0.2, 0) is 34.5 Å². The van der Waals surface area contributed by atoms with E-state index in [0.717, 1.165) is 30.7 Å². The van der Waals surface area contributed by atoms with Crippen molar-refractivity contribution in [3.05, 3.63) is 35.7 Å². The SMILES string of the molecule is Cc1cnc(N2CCn3cc(CNS(C)(=O)=O)nc3C2)nc1.O=C(O)C(F)(F)F. The number of carboxylic acid groups (broad SMARTS) is 1. The Labute approximate surface area is 164 Å². The Balaban J connectivity index is 0.000000370. The first-order valence-electron chi connectivity index (χ1n) is 8.18. The fourth-order valence-corrected chi connectivity index (χ4v) is 2.73. The Morgan fingerprint density at radius 2 is 1.86 bits per heavy atom. The molecule has 2 aromatic rings. The van der Waals surface area contributed by atoms with Crippen molar-refractivity contribution in [2.24, 2.45) is 0 Å². The molecule has 0 radical (unpaired) electrons. The topological polar surface area (TPSA) is 130 Å². The molecule has 3 heterocycles. The van der Waals surface area contributed by atoms with Gasteiger partial charge in [0.05, 0.1) is 25.0 Å². The molecule has 0 saturated heterocycles. The van der Waals surface area contributed by atoms with E-state index in [9.17, 15) is 21.6 Å². The van der Waals surface area contributed by atoms with Gasteiger partial charge in [-0.3, -0.25) is 0 Å². The fourth-order valence-electron chi connectivity index (χ4n) is 2.32. The largest absolute Gasteiger partial charge is 0.490 e. The molecule has 0 spiro atoms. The highest BCUT2D eigenvalue weighted by atomic mass is 32.2. The zero-order valence-corrected chi connectivity index (χ0v) is 16.3. The van der Waals surface area contributed by atoms with Crippen molar-refractivity contribution in [2.45, 2.75) is 32.7 Å². The van der Waals surface area contributed by atoms with Gasteiger partial charge in [0.1, 0.15) is 5.82 Å². The molecule has 0 atom stereocenters. The molecule has 0 bridgehead atoms. The van der Waals surface area contributed by atoms with Gasteiger partial charge in [0.25, 0.3) is 0 Å². The summed E-state index contributed by atoms with van der Waals surface area (Å²) in [4.78, 5) is 24.1. The number of rotatable bonds is 4. The summed E-state index contributed by atoms with van der Waals surface area (Å²) in [6.07, 6.45) is 1.54. The van der Waals surface area contributed by atoms with Gasteiger partial charge in [-0.25, -0.2) is 32.9 Å². The first-order chi connectivity index (χ1) is 13.3. The molecule has 0 aromatic carbocycles. The molecular weight excluding hydrogens is 417 g/mol. The number of carboxylic acids is 1. The van der Waals surface area contributed by atoms with Crippen LogP contribution in [0.1, 0.15) is 17.1 Å². The van der Waals surface area contributed by atoms with Crippen molar-refractivity contribution >= 4 is 21.9 Å². The Morgan fingerprint density at radius 1 is 1.28 bits per heavy atom. The van der Waals surface area contributed by atoms with E-state index in [2.05, 4.69) is 24.6 Å². The summed E-state index contributed by atoms with van der Waals surface area (Å²) in [5, 5.41) is 7.12. The molecule has 14 heteroatoms. The number of alkyl halides is 3. The van der Waals surface area contributed by atoms with E-state index < -0.39 is 22.2 Å². The number of carbonyl (C=O) groups is 1. The molecular formula is C15H19F3N6O4S. The minimum absolute atomic E-state index is 0.208. The molecule has 0 aliphatic carbocycles. The van der Waals surface area contributed by atoms with Crippen LogP contribution in [0.4, 0.5) is 19.1 Å². The fraction of sp³-hybridized carbons (Fsp3) is 0.467.